The van der Waals surface area contributed by atoms with Gasteiger partial charge >= 0.3 is 13.1 Å². The fourth-order valence-corrected chi connectivity index (χ4v) is 2.97. The lowest BCUT2D eigenvalue weighted by Crippen LogP contribution is -2.36. The molecule has 0 saturated carbocycles. The average Bonchev–Trinajstić information content (AvgIpc) is 3.09. The van der Waals surface area contributed by atoms with Gasteiger partial charge in [-0.05, 0) is 18.1 Å². The molecule has 3 N–H and O–H groups in total. The third-order valence-corrected chi connectivity index (χ3v) is 4.28. The van der Waals surface area contributed by atoms with Gasteiger partial charge in [-0.1, -0.05) is 17.3 Å². The van der Waals surface area contributed by atoms with E-state index in [-0.39, 0.29) is 35.8 Å². The minimum atomic E-state index is -1.29. The summed E-state index contributed by atoms with van der Waals surface area (Å²) in [4.78, 5) is 35.0. The SMILES string of the molecule is CNC(=O)c1cn(CC(=O)C[C@H]2Cc3cccc(C(=O)O)c3OB2O)nn1. The quantitative estimate of drug-likeness (QED) is 0.591. The molecule has 1 atom stereocenters. The van der Waals surface area contributed by atoms with Gasteiger partial charge in [-0.2, -0.15) is 0 Å². The standard InChI is InChI=1S/C16H17BN4O6/c1-18-15(23)13-8-21(20-19-13)7-11(22)6-10-5-9-3-2-4-12(16(24)25)14(9)27-17(10)26/h2-4,8,10,26H,5-7H2,1H3,(H,18,23)(H,24,25)/t10-/m1/s1. The molecule has 11 heteroatoms. The number of carbonyl (C=O) groups is 3. The highest BCUT2D eigenvalue weighted by atomic mass is 16.5. The predicted molar refractivity (Wildman–Crippen MR) is 92.5 cm³/mol. The van der Waals surface area contributed by atoms with E-state index in [0.717, 1.165) is 0 Å². The molecule has 140 valence electrons. The van der Waals surface area contributed by atoms with Gasteiger partial charge in [-0.25, -0.2) is 9.48 Å². The predicted octanol–water partition coefficient (Wildman–Crippen LogP) is -0.219. The first-order valence-electron chi connectivity index (χ1n) is 8.23. The van der Waals surface area contributed by atoms with Crippen LogP contribution in [0.4, 0.5) is 0 Å². The number of aromatic carboxylic acids is 1. The van der Waals surface area contributed by atoms with Gasteiger partial charge in [0.1, 0.15) is 12.3 Å². The van der Waals surface area contributed by atoms with Crippen LogP contribution in [0.15, 0.2) is 24.4 Å². The maximum absolute atomic E-state index is 12.3. The van der Waals surface area contributed by atoms with Crippen molar-refractivity contribution < 1.29 is 29.2 Å². The number of nitrogens with zero attached hydrogens (tertiary/aromatic N) is 3. The normalized spacial score (nSPS) is 15.6. The van der Waals surface area contributed by atoms with Crippen LogP contribution >= 0.6 is 0 Å². The minimum absolute atomic E-state index is 0.00702. The highest BCUT2D eigenvalue weighted by molar-refractivity contribution is 6.47. The monoisotopic (exact) mass is 372 g/mol. The van der Waals surface area contributed by atoms with Crippen LogP contribution in [-0.2, 0) is 17.8 Å². The fourth-order valence-electron chi connectivity index (χ4n) is 2.97. The summed E-state index contributed by atoms with van der Waals surface area (Å²) in [6.45, 7) is -0.102. The molecule has 3 rings (SSSR count). The molecule has 0 unspecified atom stereocenters. The lowest BCUT2D eigenvalue weighted by molar-refractivity contribution is -0.120. The number of carboxylic acids is 1. The number of nitrogens with one attached hydrogen (secondary N) is 1. The minimum Gasteiger partial charge on any atom is -0.535 e. The molecule has 27 heavy (non-hydrogen) atoms. The van der Waals surface area contributed by atoms with Gasteiger partial charge in [0.25, 0.3) is 5.91 Å². The Kier molecular flexibility index (Phi) is 5.22. The first kappa shape index (κ1) is 18.6. The summed E-state index contributed by atoms with van der Waals surface area (Å²) in [6.07, 6.45) is 1.68. The van der Waals surface area contributed by atoms with Gasteiger partial charge in [0.2, 0.25) is 0 Å². The van der Waals surface area contributed by atoms with E-state index >= 15 is 0 Å². The summed E-state index contributed by atoms with van der Waals surface area (Å²) in [6, 6.07) is 4.70. The molecule has 1 aromatic carbocycles. The van der Waals surface area contributed by atoms with E-state index in [4.69, 9.17) is 4.65 Å². The number of rotatable bonds is 6. The van der Waals surface area contributed by atoms with E-state index in [1.54, 1.807) is 12.1 Å². The molecule has 0 radical (unpaired) electrons. The summed E-state index contributed by atoms with van der Waals surface area (Å²) in [7, 11) is 0.170. The van der Waals surface area contributed by atoms with Gasteiger partial charge < -0.3 is 20.1 Å². The summed E-state index contributed by atoms with van der Waals surface area (Å²) in [5.74, 6) is -2.17. The second kappa shape index (κ2) is 7.58. The largest absolute Gasteiger partial charge is 0.535 e. The third kappa shape index (κ3) is 3.98. The van der Waals surface area contributed by atoms with Crippen molar-refractivity contribution in [2.24, 2.45) is 0 Å². The topological polar surface area (TPSA) is 144 Å². The first-order valence-corrected chi connectivity index (χ1v) is 8.23. The lowest BCUT2D eigenvalue weighted by Gasteiger charge is -2.27. The van der Waals surface area contributed by atoms with Gasteiger partial charge in [0.15, 0.2) is 11.5 Å². The van der Waals surface area contributed by atoms with Crippen molar-refractivity contribution in [1.29, 1.82) is 0 Å². The molecular weight excluding hydrogens is 355 g/mol. The molecule has 1 aliphatic heterocycles. The van der Waals surface area contributed by atoms with Crippen LogP contribution in [0.2, 0.25) is 5.82 Å². The number of carboxylic acid groups (broad SMARTS) is 1. The Balaban J connectivity index is 1.67. The first-order chi connectivity index (χ1) is 12.9. The number of hydrogen-bond donors (Lipinski definition) is 3. The van der Waals surface area contributed by atoms with Crippen LogP contribution in [0.3, 0.4) is 0 Å². The Morgan fingerprint density at radius 3 is 2.89 bits per heavy atom. The molecule has 0 spiro atoms. The van der Waals surface area contributed by atoms with E-state index in [9.17, 15) is 24.5 Å². The Labute approximate surface area is 154 Å². The molecule has 10 nitrogen and oxygen atoms in total. The highest BCUT2D eigenvalue weighted by Crippen LogP contribution is 2.36. The lowest BCUT2D eigenvalue weighted by atomic mass is 9.64. The number of fused-ring (bicyclic) bond motifs is 1. The molecule has 2 heterocycles. The van der Waals surface area contributed by atoms with Crippen LogP contribution in [0, 0.1) is 0 Å². The van der Waals surface area contributed by atoms with Crippen LogP contribution in [0.25, 0.3) is 0 Å². The molecule has 1 amide bonds. The summed E-state index contributed by atoms with van der Waals surface area (Å²) in [5.41, 5.74) is 0.697. The van der Waals surface area contributed by atoms with E-state index in [1.165, 1.54) is 24.0 Å². The number of amides is 1. The van der Waals surface area contributed by atoms with E-state index in [1.807, 2.05) is 0 Å². The second-order valence-corrected chi connectivity index (χ2v) is 6.19. The molecule has 0 bridgehead atoms. The van der Waals surface area contributed by atoms with Crippen molar-refractivity contribution in [3.8, 4) is 5.75 Å². The number of Topliss-reactive ketones (excluding diaryl/α,β-unsaturated/α-hetero) is 1. The van der Waals surface area contributed by atoms with Crippen molar-refractivity contribution in [3.05, 3.63) is 41.2 Å². The number of hydrogen-bond acceptors (Lipinski definition) is 7. The van der Waals surface area contributed by atoms with Gasteiger partial charge in [0.05, 0.1) is 11.8 Å². The number of carbonyl (C=O) groups excluding carboxylic acids is 2. The zero-order valence-corrected chi connectivity index (χ0v) is 14.5. The summed E-state index contributed by atoms with van der Waals surface area (Å²) in [5, 5.41) is 29.2. The highest BCUT2D eigenvalue weighted by Gasteiger charge is 2.37. The van der Waals surface area contributed by atoms with Crippen molar-refractivity contribution in [3.63, 3.8) is 0 Å². The van der Waals surface area contributed by atoms with Crippen molar-refractivity contribution in [1.82, 2.24) is 20.3 Å². The third-order valence-electron chi connectivity index (χ3n) is 4.28. The molecular formula is C16H17BN4O6. The van der Waals surface area contributed by atoms with Gasteiger partial charge in [-0.3, -0.25) is 9.59 Å². The van der Waals surface area contributed by atoms with Crippen LogP contribution < -0.4 is 9.97 Å². The summed E-state index contributed by atoms with van der Waals surface area (Å²) < 4.78 is 6.62. The Bertz CT molecular complexity index is 899. The number of ketones is 1. The van der Waals surface area contributed by atoms with Crippen LogP contribution in [0.1, 0.15) is 32.8 Å². The Hall–Kier alpha value is -3.21. The number of benzene rings is 1. The second-order valence-electron chi connectivity index (χ2n) is 6.19. The van der Waals surface area contributed by atoms with E-state index in [2.05, 4.69) is 15.6 Å². The number of aromatic nitrogens is 3. The van der Waals surface area contributed by atoms with E-state index in [0.29, 0.717) is 12.0 Å². The van der Waals surface area contributed by atoms with Crippen molar-refractivity contribution in [2.75, 3.05) is 7.05 Å². The molecule has 0 fully saturated rings. The zero-order chi connectivity index (χ0) is 19.6. The maximum Gasteiger partial charge on any atom is 0.526 e. The zero-order valence-electron chi connectivity index (χ0n) is 14.5. The molecule has 0 saturated heterocycles. The van der Waals surface area contributed by atoms with Gasteiger partial charge in [0, 0.05) is 19.3 Å². The Morgan fingerprint density at radius 1 is 1.41 bits per heavy atom. The van der Waals surface area contributed by atoms with Gasteiger partial charge in [-0.15, -0.1) is 5.10 Å². The smallest absolute Gasteiger partial charge is 0.526 e. The molecule has 2 aromatic rings. The van der Waals surface area contributed by atoms with Crippen LogP contribution in [-0.4, -0.2) is 57.0 Å². The van der Waals surface area contributed by atoms with E-state index < -0.39 is 24.8 Å². The van der Waals surface area contributed by atoms with Crippen LogP contribution in [0.5, 0.6) is 5.75 Å². The maximum atomic E-state index is 12.3. The molecule has 1 aromatic heterocycles. The average molecular weight is 372 g/mol. The fraction of sp³-hybridized carbons (Fsp3) is 0.312. The molecule has 1 aliphatic rings. The Morgan fingerprint density at radius 2 is 2.19 bits per heavy atom. The van der Waals surface area contributed by atoms with Crippen molar-refractivity contribution >= 4 is 24.8 Å². The number of para-hydroxylation sites is 1. The molecule has 0 aliphatic carbocycles. The van der Waals surface area contributed by atoms with Crippen molar-refractivity contribution in [2.45, 2.75) is 25.2 Å². The summed E-state index contributed by atoms with van der Waals surface area (Å²) >= 11 is 0.